The highest BCUT2D eigenvalue weighted by Crippen LogP contribution is 2.41. The molecule has 3 aliphatic rings. The van der Waals surface area contributed by atoms with Crippen LogP contribution in [0.5, 0.6) is 0 Å². The molecule has 2 saturated heterocycles. The number of aryl methyl sites for hydroxylation is 1. The second kappa shape index (κ2) is 6.62. The van der Waals surface area contributed by atoms with Crippen LogP contribution in [0.25, 0.3) is 5.52 Å². The van der Waals surface area contributed by atoms with Gasteiger partial charge in [-0.25, -0.2) is 4.98 Å². The second-order valence-electron chi connectivity index (χ2n) is 8.95. The van der Waals surface area contributed by atoms with Gasteiger partial charge in [0.1, 0.15) is 5.82 Å². The molecule has 1 atom stereocenters. The lowest BCUT2D eigenvalue weighted by atomic mass is 9.77. The quantitative estimate of drug-likeness (QED) is 0.834. The Bertz CT molecular complexity index is 855. The molecule has 1 aliphatic carbocycles. The lowest BCUT2D eigenvalue weighted by Gasteiger charge is -2.42. The first kappa shape index (κ1) is 17.2. The first-order valence-electron chi connectivity index (χ1n) is 10.6. The maximum Gasteiger partial charge on any atom is 0.230 e. The Labute approximate surface area is 161 Å². The molecule has 0 bridgehead atoms. The number of likely N-dealkylation sites (tertiary alicyclic amines) is 2. The highest BCUT2D eigenvalue weighted by atomic mass is 16.2. The lowest BCUT2D eigenvalue weighted by Crippen LogP contribution is -2.51. The summed E-state index contributed by atoms with van der Waals surface area (Å²) in [6, 6.07) is 6.27. The van der Waals surface area contributed by atoms with Crippen molar-refractivity contribution in [1.82, 2.24) is 19.2 Å². The number of hydrogen-bond acceptors (Lipinski definition) is 3. The van der Waals surface area contributed by atoms with Gasteiger partial charge in [-0.3, -0.25) is 9.69 Å². The third kappa shape index (κ3) is 2.96. The Kier molecular flexibility index (Phi) is 4.23. The molecule has 1 amide bonds. The summed E-state index contributed by atoms with van der Waals surface area (Å²) in [6.45, 7) is 6.79. The van der Waals surface area contributed by atoms with Crippen molar-refractivity contribution >= 4 is 11.4 Å². The van der Waals surface area contributed by atoms with Gasteiger partial charge in [-0.05, 0) is 63.6 Å². The Morgan fingerprint density at radius 2 is 2.07 bits per heavy atom. The fourth-order valence-corrected chi connectivity index (χ4v) is 5.38. The van der Waals surface area contributed by atoms with Crippen LogP contribution >= 0.6 is 0 Å². The highest BCUT2D eigenvalue weighted by molar-refractivity contribution is 5.84. The molecule has 1 spiro atoms. The van der Waals surface area contributed by atoms with E-state index in [-0.39, 0.29) is 5.41 Å². The molecular formula is C22H30N4O. The van der Waals surface area contributed by atoms with Gasteiger partial charge < -0.3 is 9.30 Å². The van der Waals surface area contributed by atoms with Crippen LogP contribution in [0.1, 0.15) is 50.0 Å². The minimum atomic E-state index is -0.132. The summed E-state index contributed by atoms with van der Waals surface area (Å²) in [4.78, 5) is 22.8. The standard InChI is InChI=1S/C22H30N4O/c1-17-23-19(20-8-2-3-12-26(17)20)15-24-13-10-22(16-24)9-5-11-25(21(22)27)14-18-6-4-7-18/h2-3,8,12,18H,4-7,9-11,13-16H2,1H3. The third-order valence-corrected chi connectivity index (χ3v) is 7.13. The topological polar surface area (TPSA) is 40.9 Å². The first-order chi connectivity index (χ1) is 13.1. The van der Waals surface area contributed by atoms with Crippen LogP contribution in [-0.4, -0.2) is 51.3 Å². The van der Waals surface area contributed by atoms with E-state index in [2.05, 4.69) is 39.5 Å². The van der Waals surface area contributed by atoms with Gasteiger partial charge >= 0.3 is 0 Å². The summed E-state index contributed by atoms with van der Waals surface area (Å²) >= 11 is 0. The number of nitrogens with zero attached hydrogens (tertiary/aromatic N) is 4. The molecule has 27 heavy (non-hydrogen) atoms. The fraction of sp³-hybridized carbons (Fsp3) is 0.636. The average Bonchev–Trinajstić information content (AvgIpc) is 3.18. The minimum absolute atomic E-state index is 0.132. The Hall–Kier alpha value is -1.88. The zero-order valence-corrected chi connectivity index (χ0v) is 16.4. The van der Waals surface area contributed by atoms with Crippen LogP contribution in [-0.2, 0) is 11.3 Å². The van der Waals surface area contributed by atoms with Gasteiger partial charge in [0.2, 0.25) is 5.91 Å². The summed E-state index contributed by atoms with van der Waals surface area (Å²) in [5, 5.41) is 0. The second-order valence-corrected chi connectivity index (χ2v) is 8.95. The zero-order chi connectivity index (χ0) is 18.4. The van der Waals surface area contributed by atoms with Crippen LogP contribution in [0.15, 0.2) is 24.4 Å². The number of carbonyl (C=O) groups excluding carboxylic acids is 1. The predicted octanol–water partition coefficient (Wildman–Crippen LogP) is 3.26. The zero-order valence-electron chi connectivity index (χ0n) is 16.4. The highest BCUT2D eigenvalue weighted by Gasteiger charge is 2.48. The molecule has 5 heteroatoms. The van der Waals surface area contributed by atoms with E-state index in [1.807, 2.05) is 6.07 Å². The number of piperidine rings is 1. The first-order valence-corrected chi connectivity index (χ1v) is 10.6. The molecule has 144 valence electrons. The van der Waals surface area contributed by atoms with Gasteiger partial charge in [-0.2, -0.15) is 0 Å². The average molecular weight is 367 g/mol. The summed E-state index contributed by atoms with van der Waals surface area (Å²) in [7, 11) is 0. The van der Waals surface area contributed by atoms with Gasteiger partial charge in [-0.1, -0.05) is 12.5 Å². The van der Waals surface area contributed by atoms with Crippen LogP contribution < -0.4 is 0 Å². The number of carbonyl (C=O) groups is 1. The van der Waals surface area contributed by atoms with Gasteiger partial charge in [0.15, 0.2) is 0 Å². The van der Waals surface area contributed by atoms with Gasteiger partial charge in [0.05, 0.1) is 16.6 Å². The van der Waals surface area contributed by atoms with Crippen molar-refractivity contribution in [2.45, 2.75) is 52.0 Å². The molecule has 0 aromatic carbocycles. The van der Waals surface area contributed by atoms with Crippen LogP contribution in [0, 0.1) is 18.3 Å². The van der Waals surface area contributed by atoms with E-state index in [0.29, 0.717) is 5.91 Å². The summed E-state index contributed by atoms with van der Waals surface area (Å²) in [6.07, 6.45) is 9.30. The number of amides is 1. The molecule has 5 rings (SSSR count). The van der Waals surface area contributed by atoms with Crippen molar-refractivity contribution in [3.05, 3.63) is 35.9 Å². The third-order valence-electron chi connectivity index (χ3n) is 7.13. The number of pyridine rings is 1. The molecule has 3 fully saturated rings. The maximum atomic E-state index is 13.3. The molecule has 1 saturated carbocycles. The fourth-order valence-electron chi connectivity index (χ4n) is 5.38. The molecule has 2 aromatic heterocycles. The van der Waals surface area contributed by atoms with E-state index >= 15 is 0 Å². The van der Waals surface area contributed by atoms with Gasteiger partial charge in [0, 0.05) is 32.4 Å². The number of imidazole rings is 1. The van der Waals surface area contributed by atoms with Crippen molar-refractivity contribution in [2.24, 2.45) is 11.3 Å². The van der Waals surface area contributed by atoms with Crippen molar-refractivity contribution in [3.8, 4) is 0 Å². The molecule has 0 N–H and O–H groups in total. The number of aromatic nitrogens is 2. The van der Waals surface area contributed by atoms with E-state index in [1.165, 1.54) is 31.2 Å². The van der Waals surface area contributed by atoms with Crippen molar-refractivity contribution in [2.75, 3.05) is 26.2 Å². The number of hydrogen-bond donors (Lipinski definition) is 0. The van der Waals surface area contributed by atoms with Crippen LogP contribution in [0.3, 0.4) is 0 Å². The largest absolute Gasteiger partial charge is 0.342 e. The summed E-state index contributed by atoms with van der Waals surface area (Å²) in [5.74, 6) is 2.24. The maximum absolute atomic E-state index is 13.3. The van der Waals surface area contributed by atoms with E-state index in [0.717, 1.165) is 63.0 Å². The van der Waals surface area contributed by atoms with Gasteiger partial charge in [0.25, 0.3) is 0 Å². The molecule has 4 heterocycles. The van der Waals surface area contributed by atoms with Crippen molar-refractivity contribution in [3.63, 3.8) is 0 Å². The van der Waals surface area contributed by atoms with Crippen molar-refractivity contribution < 1.29 is 4.79 Å². The molecule has 5 nitrogen and oxygen atoms in total. The Balaban J connectivity index is 1.30. The normalized spacial score (nSPS) is 27.0. The number of rotatable bonds is 4. The van der Waals surface area contributed by atoms with E-state index in [4.69, 9.17) is 4.98 Å². The van der Waals surface area contributed by atoms with E-state index in [1.54, 1.807) is 0 Å². The molecule has 2 aromatic rings. The molecule has 1 unspecified atom stereocenters. The molecular weight excluding hydrogens is 336 g/mol. The summed E-state index contributed by atoms with van der Waals surface area (Å²) in [5.41, 5.74) is 2.20. The lowest BCUT2D eigenvalue weighted by molar-refractivity contribution is -0.146. The summed E-state index contributed by atoms with van der Waals surface area (Å²) < 4.78 is 2.16. The number of fused-ring (bicyclic) bond motifs is 1. The predicted molar refractivity (Wildman–Crippen MR) is 105 cm³/mol. The van der Waals surface area contributed by atoms with E-state index < -0.39 is 0 Å². The van der Waals surface area contributed by atoms with Crippen LogP contribution in [0.2, 0.25) is 0 Å². The molecule has 0 radical (unpaired) electrons. The smallest absolute Gasteiger partial charge is 0.230 e. The van der Waals surface area contributed by atoms with Gasteiger partial charge in [-0.15, -0.1) is 0 Å². The SMILES string of the molecule is Cc1nc(CN2CCC3(CCCN(CC4CCC4)C3=O)C2)c2ccccn12. The van der Waals surface area contributed by atoms with Crippen LogP contribution in [0.4, 0.5) is 0 Å². The monoisotopic (exact) mass is 366 g/mol. The minimum Gasteiger partial charge on any atom is -0.342 e. The molecule has 2 aliphatic heterocycles. The van der Waals surface area contributed by atoms with E-state index in [9.17, 15) is 4.79 Å². The van der Waals surface area contributed by atoms with Crippen molar-refractivity contribution in [1.29, 1.82) is 0 Å². The Morgan fingerprint density at radius 3 is 2.89 bits per heavy atom. The Morgan fingerprint density at radius 1 is 1.19 bits per heavy atom.